The molecule has 1 fully saturated rings. The summed E-state index contributed by atoms with van der Waals surface area (Å²) in [5.74, 6) is -0.888. The van der Waals surface area contributed by atoms with Crippen molar-refractivity contribution in [1.29, 1.82) is 0 Å². The molecule has 7 nitrogen and oxygen atoms in total. The molecule has 24 heavy (non-hydrogen) atoms. The Morgan fingerprint density at radius 2 is 2.17 bits per heavy atom. The van der Waals surface area contributed by atoms with Crippen LogP contribution in [0.2, 0.25) is 0 Å². The van der Waals surface area contributed by atoms with Crippen LogP contribution in [0.5, 0.6) is 0 Å². The van der Waals surface area contributed by atoms with E-state index in [1.807, 2.05) is 19.3 Å². The molecule has 0 bridgehead atoms. The van der Waals surface area contributed by atoms with Crippen molar-refractivity contribution in [1.82, 2.24) is 9.88 Å². The van der Waals surface area contributed by atoms with Crippen LogP contribution >= 0.6 is 0 Å². The second-order valence-corrected chi connectivity index (χ2v) is 6.04. The summed E-state index contributed by atoms with van der Waals surface area (Å²) < 4.78 is 7.50. The zero-order valence-corrected chi connectivity index (χ0v) is 13.9. The zero-order valence-electron chi connectivity index (χ0n) is 13.9. The Kier molecular flexibility index (Phi) is 5.03. The molecule has 1 atom stereocenters. The van der Waals surface area contributed by atoms with Gasteiger partial charge in [-0.1, -0.05) is 6.07 Å². The first kappa shape index (κ1) is 16.8. The topological polar surface area (TPSA) is 92.8 Å². The number of benzene rings is 1. The van der Waals surface area contributed by atoms with Crippen molar-refractivity contribution in [3.63, 3.8) is 0 Å². The summed E-state index contributed by atoms with van der Waals surface area (Å²) in [6.07, 6.45) is 2.41. The Morgan fingerprint density at radius 1 is 1.42 bits per heavy atom. The molecule has 1 aromatic carbocycles. The third-order valence-corrected chi connectivity index (χ3v) is 4.51. The second kappa shape index (κ2) is 7.21. The third kappa shape index (κ3) is 3.24. The molecule has 0 radical (unpaired) electrons. The van der Waals surface area contributed by atoms with Crippen molar-refractivity contribution in [3.05, 3.63) is 30.0 Å². The molecule has 1 unspecified atom stereocenters. The number of anilines is 1. The monoisotopic (exact) mass is 332 g/mol. The van der Waals surface area contributed by atoms with Crippen LogP contribution in [0.3, 0.4) is 0 Å². The lowest BCUT2D eigenvalue weighted by Crippen LogP contribution is -2.41. The van der Waals surface area contributed by atoms with Crippen molar-refractivity contribution in [2.24, 2.45) is 12.8 Å². The number of aryl methyl sites for hydroxylation is 1. The number of nitrogens with zero attached hydrogens (tertiary/aromatic N) is 2. The molecular formula is C17H24N4O3. The number of aromatic nitrogens is 1. The Labute approximate surface area is 141 Å². The molecule has 1 saturated heterocycles. The van der Waals surface area contributed by atoms with Crippen LogP contribution < -0.4 is 16.0 Å². The van der Waals surface area contributed by atoms with E-state index in [0.717, 1.165) is 35.2 Å². The number of fused-ring (bicyclic) bond motifs is 1. The van der Waals surface area contributed by atoms with Gasteiger partial charge in [0.1, 0.15) is 6.04 Å². The fraction of sp³-hybridized carbons (Fsp3) is 0.471. The number of aliphatic carboxylic acids is 1. The molecule has 1 aliphatic rings. The van der Waals surface area contributed by atoms with Gasteiger partial charge in [-0.2, -0.15) is 0 Å². The van der Waals surface area contributed by atoms with Gasteiger partial charge in [0.15, 0.2) is 0 Å². The van der Waals surface area contributed by atoms with E-state index < -0.39 is 12.0 Å². The van der Waals surface area contributed by atoms with E-state index in [1.165, 1.54) is 0 Å². The average molecular weight is 332 g/mol. The fourth-order valence-electron chi connectivity index (χ4n) is 3.35. The van der Waals surface area contributed by atoms with E-state index in [-0.39, 0.29) is 6.67 Å². The smallest absolute Gasteiger partial charge is 0.321 e. The van der Waals surface area contributed by atoms with Crippen LogP contribution in [0, 0.1) is 0 Å². The minimum absolute atomic E-state index is 0.137. The molecule has 2 aromatic rings. The highest BCUT2D eigenvalue weighted by atomic mass is 16.5. The Hall–Kier alpha value is -2.09. The lowest BCUT2D eigenvalue weighted by molar-refractivity contribution is -0.139. The summed E-state index contributed by atoms with van der Waals surface area (Å²) in [5, 5.41) is 13.4. The molecule has 130 valence electrons. The average Bonchev–Trinajstić information content (AvgIpc) is 2.91. The first-order chi connectivity index (χ1) is 11.6. The minimum atomic E-state index is -0.888. The van der Waals surface area contributed by atoms with Crippen LogP contribution in [0.25, 0.3) is 10.9 Å². The van der Waals surface area contributed by atoms with Gasteiger partial charge in [0.25, 0.3) is 0 Å². The van der Waals surface area contributed by atoms with E-state index in [9.17, 15) is 9.90 Å². The van der Waals surface area contributed by atoms with Gasteiger partial charge in [0.2, 0.25) is 0 Å². The van der Waals surface area contributed by atoms with Crippen molar-refractivity contribution < 1.29 is 14.6 Å². The van der Waals surface area contributed by atoms with Gasteiger partial charge in [0, 0.05) is 50.5 Å². The summed E-state index contributed by atoms with van der Waals surface area (Å²) in [6.45, 7) is 3.25. The molecule has 0 aliphatic carbocycles. The molecule has 0 saturated carbocycles. The normalized spacial score (nSPS) is 16.5. The highest BCUT2D eigenvalue weighted by molar-refractivity contribution is 5.96. The number of carboxylic acid groups (broad SMARTS) is 1. The van der Waals surface area contributed by atoms with E-state index in [1.54, 1.807) is 0 Å². The molecule has 1 aliphatic heterocycles. The van der Waals surface area contributed by atoms with Gasteiger partial charge >= 0.3 is 5.97 Å². The predicted octanol–water partition coefficient (Wildman–Crippen LogP) is 0.516. The lowest BCUT2D eigenvalue weighted by Gasteiger charge is -2.30. The van der Waals surface area contributed by atoms with E-state index >= 15 is 0 Å². The minimum Gasteiger partial charge on any atom is -0.480 e. The first-order valence-electron chi connectivity index (χ1n) is 8.17. The third-order valence-electron chi connectivity index (χ3n) is 4.51. The number of morpholine rings is 1. The van der Waals surface area contributed by atoms with E-state index in [4.69, 9.17) is 10.5 Å². The van der Waals surface area contributed by atoms with Crippen molar-refractivity contribution in [2.75, 3.05) is 37.9 Å². The van der Waals surface area contributed by atoms with Gasteiger partial charge in [0.05, 0.1) is 18.7 Å². The maximum absolute atomic E-state index is 11.5. The Morgan fingerprint density at radius 3 is 2.83 bits per heavy atom. The molecule has 4 N–H and O–H groups in total. The Bertz CT molecular complexity index is 722. The number of ether oxygens (including phenoxy) is 1. The van der Waals surface area contributed by atoms with Crippen molar-refractivity contribution in [2.45, 2.75) is 12.5 Å². The largest absolute Gasteiger partial charge is 0.480 e. The maximum Gasteiger partial charge on any atom is 0.321 e. The van der Waals surface area contributed by atoms with Gasteiger partial charge < -0.3 is 25.0 Å². The van der Waals surface area contributed by atoms with Crippen LogP contribution in [0.1, 0.15) is 5.56 Å². The molecule has 3 rings (SSSR count). The summed E-state index contributed by atoms with van der Waals surface area (Å²) in [7, 11) is 1.99. The van der Waals surface area contributed by atoms with Crippen LogP contribution in [-0.2, 0) is 23.0 Å². The van der Waals surface area contributed by atoms with Gasteiger partial charge in [-0.15, -0.1) is 0 Å². The number of hydrogen-bond acceptors (Lipinski definition) is 5. The van der Waals surface area contributed by atoms with Crippen LogP contribution in [-0.4, -0.2) is 54.7 Å². The molecule has 0 spiro atoms. The quantitative estimate of drug-likeness (QED) is 0.668. The molecular weight excluding hydrogens is 308 g/mol. The van der Waals surface area contributed by atoms with Crippen molar-refractivity contribution in [3.8, 4) is 0 Å². The number of hydrogen-bond donors (Lipinski definition) is 3. The number of carboxylic acids is 1. The van der Waals surface area contributed by atoms with Crippen molar-refractivity contribution >= 4 is 22.6 Å². The summed E-state index contributed by atoms with van der Waals surface area (Å²) in [5.41, 5.74) is 8.74. The number of nitrogens with one attached hydrogen (secondary N) is 1. The van der Waals surface area contributed by atoms with Gasteiger partial charge in [-0.05, 0) is 17.7 Å². The van der Waals surface area contributed by atoms with Crippen LogP contribution in [0.15, 0.2) is 24.4 Å². The number of carbonyl (C=O) groups is 1. The fourth-order valence-corrected chi connectivity index (χ4v) is 3.35. The Balaban J connectivity index is 2.02. The zero-order chi connectivity index (χ0) is 17.1. The lowest BCUT2D eigenvalue weighted by atomic mass is 10.0. The summed E-state index contributed by atoms with van der Waals surface area (Å²) >= 11 is 0. The summed E-state index contributed by atoms with van der Waals surface area (Å²) in [4.78, 5) is 13.8. The number of nitrogens with two attached hydrogens (primary N) is 1. The maximum atomic E-state index is 11.5. The van der Waals surface area contributed by atoms with Gasteiger partial charge in [-0.3, -0.25) is 10.1 Å². The molecule has 7 heteroatoms. The SMILES string of the molecule is Cn1cc(CC(NCN)C(=O)O)c2c(N3CCOCC3)cccc21. The molecule has 1 aromatic heterocycles. The van der Waals surface area contributed by atoms with E-state index in [2.05, 4.69) is 26.9 Å². The summed E-state index contributed by atoms with van der Waals surface area (Å²) in [6, 6.07) is 5.51. The van der Waals surface area contributed by atoms with Gasteiger partial charge in [-0.25, -0.2) is 0 Å². The molecule has 2 heterocycles. The first-order valence-corrected chi connectivity index (χ1v) is 8.17. The molecule has 0 amide bonds. The standard InChI is InChI=1S/C17H24N4O3/c1-20-10-12(9-13(17(22)23)19-11-18)16-14(20)3-2-4-15(16)21-5-7-24-8-6-21/h2-4,10,13,19H,5-9,11,18H2,1H3,(H,22,23). The van der Waals surface area contributed by atoms with Crippen LogP contribution in [0.4, 0.5) is 5.69 Å². The second-order valence-electron chi connectivity index (χ2n) is 6.04. The van der Waals surface area contributed by atoms with E-state index in [0.29, 0.717) is 19.6 Å². The highest BCUT2D eigenvalue weighted by Crippen LogP contribution is 2.32. The predicted molar refractivity (Wildman–Crippen MR) is 93.3 cm³/mol. The highest BCUT2D eigenvalue weighted by Gasteiger charge is 2.22. The number of rotatable bonds is 6.